The van der Waals surface area contributed by atoms with Gasteiger partial charge in [0, 0.05) is 0 Å². The Kier molecular flexibility index (Phi) is 8.52. The van der Waals surface area contributed by atoms with Crippen molar-refractivity contribution in [3.8, 4) is 5.75 Å². The molecule has 1 unspecified atom stereocenters. The number of hydrogen-bond donors (Lipinski definition) is 0. The van der Waals surface area contributed by atoms with Gasteiger partial charge in [0.1, 0.15) is 12.4 Å². The van der Waals surface area contributed by atoms with Gasteiger partial charge in [-0.3, -0.25) is 9.36 Å². The zero-order valence-corrected chi connectivity index (χ0v) is 23.3. The van der Waals surface area contributed by atoms with Crippen LogP contribution >= 0.6 is 11.3 Å². The van der Waals surface area contributed by atoms with E-state index < -0.39 is 12.0 Å². The van der Waals surface area contributed by atoms with E-state index in [4.69, 9.17) is 9.47 Å². The van der Waals surface area contributed by atoms with Crippen molar-refractivity contribution in [3.05, 3.63) is 139 Å². The van der Waals surface area contributed by atoms with Gasteiger partial charge in [-0.1, -0.05) is 103 Å². The maximum absolute atomic E-state index is 13.8. The summed E-state index contributed by atoms with van der Waals surface area (Å²) in [6, 6.07) is 26.2. The molecule has 1 aliphatic rings. The number of nitrogens with zero attached hydrogens (tertiary/aromatic N) is 2. The van der Waals surface area contributed by atoms with Crippen molar-refractivity contribution in [2.24, 2.45) is 4.99 Å². The SMILES string of the molecule is CCCOc1ccc(C2C(C(=O)OCc3ccccc3)=C(C)N=c3s/c(=C\C=C\c4ccccc4)c(=O)n32)cc1. The molecule has 0 spiro atoms. The highest BCUT2D eigenvalue weighted by atomic mass is 32.1. The molecule has 1 aromatic heterocycles. The quantitative estimate of drug-likeness (QED) is 0.261. The molecular weight excluding hydrogens is 520 g/mol. The first-order valence-corrected chi connectivity index (χ1v) is 14.0. The van der Waals surface area contributed by atoms with Crippen molar-refractivity contribution < 1.29 is 14.3 Å². The second-order valence-corrected chi connectivity index (χ2v) is 10.4. The van der Waals surface area contributed by atoms with Crippen LogP contribution in [0.4, 0.5) is 0 Å². The van der Waals surface area contributed by atoms with Crippen molar-refractivity contribution in [1.82, 2.24) is 4.57 Å². The van der Waals surface area contributed by atoms with Gasteiger partial charge in [-0.2, -0.15) is 0 Å². The van der Waals surface area contributed by atoms with Gasteiger partial charge in [-0.05, 0) is 48.2 Å². The molecule has 2 heterocycles. The number of aromatic nitrogens is 1. The number of rotatable bonds is 9. The summed E-state index contributed by atoms with van der Waals surface area (Å²) < 4.78 is 13.6. The number of esters is 1. The molecule has 7 heteroatoms. The number of carbonyl (C=O) groups is 1. The molecule has 3 aromatic carbocycles. The maximum Gasteiger partial charge on any atom is 0.338 e. The summed E-state index contributed by atoms with van der Waals surface area (Å²) in [5, 5.41) is 0. The van der Waals surface area contributed by atoms with E-state index in [1.807, 2.05) is 97.1 Å². The van der Waals surface area contributed by atoms with Crippen molar-refractivity contribution in [3.63, 3.8) is 0 Å². The highest BCUT2D eigenvalue weighted by molar-refractivity contribution is 7.07. The number of ether oxygens (including phenoxy) is 2. The molecule has 0 saturated carbocycles. The van der Waals surface area contributed by atoms with E-state index in [0.29, 0.717) is 27.2 Å². The van der Waals surface area contributed by atoms with Crippen LogP contribution in [0.5, 0.6) is 5.75 Å². The number of hydrogen-bond acceptors (Lipinski definition) is 6. The van der Waals surface area contributed by atoms with Crippen LogP contribution in [0.15, 0.2) is 112 Å². The molecule has 0 amide bonds. The molecule has 0 radical (unpaired) electrons. The van der Waals surface area contributed by atoms with Crippen LogP contribution in [-0.4, -0.2) is 17.1 Å². The summed E-state index contributed by atoms with van der Waals surface area (Å²) >= 11 is 1.30. The predicted molar refractivity (Wildman–Crippen MR) is 159 cm³/mol. The lowest BCUT2D eigenvalue weighted by atomic mass is 9.96. The van der Waals surface area contributed by atoms with Crippen molar-refractivity contribution >= 4 is 29.5 Å². The summed E-state index contributed by atoms with van der Waals surface area (Å²) in [6.45, 7) is 4.58. The minimum absolute atomic E-state index is 0.127. The van der Waals surface area contributed by atoms with Crippen LogP contribution in [0.25, 0.3) is 12.2 Å². The molecule has 40 heavy (non-hydrogen) atoms. The largest absolute Gasteiger partial charge is 0.494 e. The number of thiazole rings is 1. The van der Waals surface area contributed by atoms with Crippen LogP contribution in [0, 0.1) is 0 Å². The first-order chi connectivity index (χ1) is 19.5. The third kappa shape index (κ3) is 6.05. The van der Waals surface area contributed by atoms with Crippen molar-refractivity contribution in [1.29, 1.82) is 0 Å². The minimum Gasteiger partial charge on any atom is -0.494 e. The molecule has 0 N–H and O–H groups in total. The van der Waals surface area contributed by atoms with Crippen LogP contribution in [0.3, 0.4) is 0 Å². The molecule has 6 nitrogen and oxygen atoms in total. The van der Waals surface area contributed by atoms with E-state index in [-0.39, 0.29) is 12.2 Å². The summed E-state index contributed by atoms with van der Waals surface area (Å²) in [5.41, 5.74) is 3.36. The average molecular weight is 551 g/mol. The average Bonchev–Trinajstić information content (AvgIpc) is 3.29. The topological polar surface area (TPSA) is 69.9 Å². The normalized spacial score (nSPS) is 15.2. The molecule has 1 atom stereocenters. The molecule has 0 bridgehead atoms. The van der Waals surface area contributed by atoms with Crippen LogP contribution in [-0.2, 0) is 16.1 Å². The zero-order chi connectivity index (χ0) is 27.9. The van der Waals surface area contributed by atoms with Crippen LogP contribution < -0.4 is 19.6 Å². The van der Waals surface area contributed by atoms with Gasteiger partial charge in [-0.15, -0.1) is 0 Å². The number of benzene rings is 3. The van der Waals surface area contributed by atoms with Gasteiger partial charge in [0.2, 0.25) is 0 Å². The Balaban J connectivity index is 1.54. The third-order valence-electron chi connectivity index (χ3n) is 6.46. The molecule has 0 aliphatic carbocycles. The van der Waals surface area contributed by atoms with Gasteiger partial charge in [0.15, 0.2) is 4.80 Å². The Hall–Kier alpha value is -4.49. The maximum atomic E-state index is 13.8. The lowest BCUT2D eigenvalue weighted by Gasteiger charge is -2.25. The Morgan fingerprint density at radius 3 is 2.40 bits per heavy atom. The third-order valence-corrected chi connectivity index (χ3v) is 7.46. The molecular formula is C33H30N2O4S. The first kappa shape index (κ1) is 27.1. The number of carbonyl (C=O) groups excluding carboxylic acids is 1. The first-order valence-electron chi connectivity index (χ1n) is 13.2. The smallest absolute Gasteiger partial charge is 0.338 e. The van der Waals surface area contributed by atoms with Gasteiger partial charge < -0.3 is 9.47 Å². The second-order valence-electron chi connectivity index (χ2n) is 9.35. The Morgan fingerprint density at radius 2 is 1.70 bits per heavy atom. The van der Waals surface area contributed by atoms with E-state index in [9.17, 15) is 9.59 Å². The number of allylic oxidation sites excluding steroid dienone is 2. The van der Waals surface area contributed by atoms with E-state index >= 15 is 0 Å². The van der Waals surface area contributed by atoms with Crippen molar-refractivity contribution in [2.45, 2.75) is 32.9 Å². The molecule has 4 aromatic rings. The van der Waals surface area contributed by atoms with Crippen molar-refractivity contribution in [2.75, 3.05) is 6.61 Å². The zero-order valence-electron chi connectivity index (χ0n) is 22.4. The lowest BCUT2D eigenvalue weighted by Crippen LogP contribution is -2.39. The van der Waals surface area contributed by atoms with E-state index in [0.717, 1.165) is 28.9 Å². The lowest BCUT2D eigenvalue weighted by molar-refractivity contribution is -0.140. The Bertz CT molecular complexity index is 1720. The molecule has 0 saturated heterocycles. The summed E-state index contributed by atoms with van der Waals surface area (Å²) in [7, 11) is 0. The predicted octanol–water partition coefficient (Wildman–Crippen LogP) is 5.43. The minimum atomic E-state index is -0.681. The fourth-order valence-corrected chi connectivity index (χ4v) is 5.49. The van der Waals surface area contributed by atoms with Crippen LogP contribution in [0.2, 0.25) is 0 Å². The highest BCUT2D eigenvalue weighted by Crippen LogP contribution is 2.32. The standard InChI is InChI=1S/C33H30N2O4S/c1-3-21-38-27-19-17-26(18-20-27)30-29(32(37)39-22-25-13-8-5-9-14-25)23(2)34-33-35(30)31(36)28(40-33)16-10-15-24-11-6-4-7-12-24/h4-20,30H,3,21-22H2,1-2H3/b15-10+,28-16-. The van der Waals surface area contributed by atoms with E-state index in [1.165, 1.54) is 11.3 Å². The number of fused-ring (bicyclic) bond motifs is 1. The summed E-state index contributed by atoms with van der Waals surface area (Å²) in [5.74, 6) is 0.234. The Labute approximate surface area is 236 Å². The van der Waals surface area contributed by atoms with Gasteiger partial charge >= 0.3 is 5.97 Å². The Morgan fingerprint density at radius 1 is 1.00 bits per heavy atom. The molecule has 0 fully saturated rings. The molecule has 1 aliphatic heterocycles. The molecule has 202 valence electrons. The monoisotopic (exact) mass is 550 g/mol. The van der Waals surface area contributed by atoms with Crippen LogP contribution in [0.1, 0.15) is 43.0 Å². The fraction of sp³-hybridized carbons (Fsp3) is 0.182. The summed E-state index contributed by atoms with van der Waals surface area (Å²) in [4.78, 5) is 32.5. The fourth-order valence-electron chi connectivity index (χ4n) is 4.49. The summed E-state index contributed by atoms with van der Waals surface area (Å²) in [6.07, 6.45) is 6.50. The highest BCUT2D eigenvalue weighted by Gasteiger charge is 2.33. The van der Waals surface area contributed by atoms with Gasteiger partial charge in [0.25, 0.3) is 5.56 Å². The van der Waals surface area contributed by atoms with Gasteiger partial charge in [0.05, 0.1) is 28.5 Å². The second kappa shape index (κ2) is 12.6. The van der Waals surface area contributed by atoms with E-state index in [2.05, 4.69) is 11.9 Å². The van der Waals surface area contributed by atoms with E-state index in [1.54, 1.807) is 17.6 Å². The molecule has 5 rings (SSSR count). The van der Waals surface area contributed by atoms with Gasteiger partial charge in [-0.25, -0.2) is 9.79 Å².